The molecule has 0 rings (SSSR count). The summed E-state index contributed by atoms with van der Waals surface area (Å²) in [5.74, 6) is -0.477. The zero-order valence-electron chi connectivity index (χ0n) is 9.58. The summed E-state index contributed by atoms with van der Waals surface area (Å²) >= 11 is 0. The van der Waals surface area contributed by atoms with Crippen molar-refractivity contribution in [1.82, 2.24) is 5.32 Å². The highest BCUT2D eigenvalue weighted by Gasteiger charge is 2.04. The third-order valence-corrected chi connectivity index (χ3v) is 1.47. The molecule has 6 heteroatoms. The summed E-state index contributed by atoms with van der Waals surface area (Å²) in [5, 5.41) is 2.41. The molecule has 0 saturated carbocycles. The van der Waals surface area contributed by atoms with Crippen LogP contribution in [0.25, 0.3) is 0 Å². The van der Waals surface area contributed by atoms with Gasteiger partial charge in [-0.3, -0.25) is 0 Å². The molecule has 0 heterocycles. The average Bonchev–Trinajstić information content (AvgIpc) is 2.24. The quantitative estimate of drug-likeness (QED) is 0.392. The van der Waals surface area contributed by atoms with Gasteiger partial charge < -0.3 is 19.5 Å². The van der Waals surface area contributed by atoms with Gasteiger partial charge in [0.15, 0.2) is 0 Å². The first-order valence-electron chi connectivity index (χ1n) is 4.80. The summed E-state index contributed by atoms with van der Waals surface area (Å²) in [4.78, 5) is 21.9. The van der Waals surface area contributed by atoms with E-state index < -0.39 is 12.1 Å². The molecule has 92 valence electrons. The standard InChI is InChI=1S/C10H17NO5/c1-8(2)9(12)15-5-4-11-10(13)16-7-6-14-3/h1,4-7H2,2-3H3,(H,11,13). The van der Waals surface area contributed by atoms with Gasteiger partial charge in [-0.1, -0.05) is 6.58 Å². The second-order valence-corrected chi connectivity index (χ2v) is 2.97. The van der Waals surface area contributed by atoms with Crippen LogP contribution in [0.3, 0.4) is 0 Å². The van der Waals surface area contributed by atoms with Gasteiger partial charge in [-0.15, -0.1) is 0 Å². The maximum atomic E-state index is 10.9. The minimum Gasteiger partial charge on any atom is -0.460 e. The molecule has 0 spiro atoms. The number of ether oxygens (including phenoxy) is 3. The third kappa shape index (κ3) is 7.81. The number of methoxy groups -OCH3 is 1. The molecule has 0 aromatic carbocycles. The molecular weight excluding hydrogens is 214 g/mol. The molecule has 0 unspecified atom stereocenters. The maximum Gasteiger partial charge on any atom is 0.407 e. The largest absolute Gasteiger partial charge is 0.460 e. The first kappa shape index (κ1) is 14.4. The summed E-state index contributed by atoms with van der Waals surface area (Å²) in [6.45, 7) is 5.79. The lowest BCUT2D eigenvalue weighted by molar-refractivity contribution is -0.138. The van der Waals surface area contributed by atoms with Crippen LogP contribution in [0.4, 0.5) is 4.79 Å². The van der Waals surface area contributed by atoms with Crippen molar-refractivity contribution in [2.24, 2.45) is 0 Å². The first-order valence-corrected chi connectivity index (χ1v) is 4.80. The van der Waals surface area contributed by atoms with E-state index in [1.54, 1.807) is 6.92 Å². The molecule has 6 nitrogen and oxygen atoms in total. The molecular formula is C10H17NO5. The predicted octanol–water partition coefficient (Wildman–Crippen LogP) is 0.478. The number of hydrogen-bond donors (Lipinski definition) is 1. The Morgan fingerprint density at radius 2 is 1.88 bits per heavy atom. The van der Waals surface area contributed by atoms with E-state index in [4.69, 9.17) is 14.2 Å². The van der Waals surface area contributed by atoms with E-state index in [1.807, 2.05) is 0 Å². The van der Waals surface area contributed by atoms with E-state index in [0.29, 0.717) is 12.2 Å². The Labute approximate surface area is 94.5 Å². The van der Waals surface area contributed by atoms with E-state index in [2.05, 4.69) is 11.9 Å². The van der Waals surface area contributed by atoms with Gasteiger partial charge in [0.2, 0.25) is 0 Å². The molecule has 0 aromatic rings. The van der Waals surface area contributed by atoms with E-state index >= 15 is 0 Å². The zero-order chi connectivity index (χ0) is 12.4. The number of nitrogens with one attached hydrogen (secondary N) is 1. The van der Waals surface area contributed by atoms with Crippen LogP contribution < -0.4 is 5.32 Å². The molecule has 0 aliphatic carbocycles. The fourth-order valence-corrected chi connectivity index (χ4v) is 0.689. The van der Waals surface area contributed by atoms with Crippen molar-refractivity contribution >= 4 is 12.1 Å². The first-order chi connectivity index (χ1) is 7.57. The highest BCUT2D eigenvalue weighted by molar-refractivity contribution is 5.86. The molecule has 0 fully saturated rings. The van der Waals surface area contributed by atoms with Crippen LogP contribution in [0.5, 0.6) is 0 Å². The second-order valence-electron chi connectivity index (χ2n) is 2.97. The van der Waals surface area contributed by atoms with Gasteiger partial charge in [0.05, 0.1) is 13.2 Å². The van der Waals surface area contributed by atoms with E-state index in [9.17, 15) is 9.59 Å². The lowest BCUT2D eigenvalue weighted by atomic mass is 10.4. The normalized spacial score (nSPS) is 9.38. The van der Waals surface area contributed by atoms with Crippen LogP contribution in [0.2, 0.25) is 0 Å². The van der Waals surface area contributed by atoms with Gasteiger partial charge in [0.1, 0.15) is 13.2 Å². The van der Waals surface area contributed by atoms with Crippen molar-refractivity contribution in [3.63, 3.8) is 0 Å². The number of alkyl carbamates (subject to hydrolysis) is 1. The average molecular weight is 231 g/mol. The maximum absolute atomic E-state index is 10.9. The van der Waals surface area contributed by atoms with Gasteiger partial charge in [-0.2, -0.15) is 0 Å². The molecule has 0 bridgehead atoms. The van der Waals surface area contributed by atoms with Crippen molar-refractivity contribution in [3.05, 3.63) is 12.2 Å². The Morgan fingerprint density at radius 3 is 2.44 bits per heavy atom. The van der Waals surface area contributed by atoms with Crippen LogP contribution >= 0.6 is 0 Å². The number of amides is 1. The molecule has 1 amide bonds. The van der Waals surface area contributed by atoms with Crippen molar-refractivity contribution in [1.29, 1.82) is 0 Å². The third-order valence-electron chi connectivity index (χ3n) is 1.47. The minimum absolute atomic E-state index is 0.0884. The van der Waals surface area contributed by atoms with Crippen LogP contribution in [-0.4, -0.2) is 45.5 Å². The summed E-state index contributed by atoms with van der Waals surface area (Å²) < 4.78 is 14.1. The number of rotatable bonds is 7. The molecule has 16 heavy (non-hydrogen) atoms. The molecule has 0 saturated heterocycles. The fraction of sp³-hybridized carbons (Fsp3) is 0.600. The van der Waals surface area contributed by atoms with Crippen molar-refractivity contribution in [2.75, 3.05) is 33.5 Å². The van der Waals surface area contributed by atoms with Crippen molar-refractivity contribution in [2.45, 2.75) is 6.92 Å². The summed E-state index contributed by atoms with van der Waals surface area (Å²) in [7, 11) is 1.51. The Bertz CT molecular complexity index is 252. The van der Waals surface area contributed by atoms with Gasteiger partial charge in [-0.05, 0) is 6.92 Å². The number of carbonyl (C=O) groups is 2. The molecule has 0 radical (unpaired) electrons. The van der Waals surface area contributed by atoms with Gasteiger partial charge in [0, 0.05) is 12.7 Å². The Morgan fingerprint density at radius 1 is 1.19 bits per heavy atom. The smallest absolute Gasteiger partial charge is 0.407 e. The van der Waals surface area contributed by atoms with Crippen LogP contribution in [0.15, 0.2) is 12.2 Å². The molecule has 0 aromatic heterocycles. The highest BCUT2D eigenvalue weighted by Crippen LogP contribution is 1.90. The number of hydrogen-bond acceptors (Lipinski definition) is 5. The van der Waals surface area contributed by atoms with Gasteiger partial charge in [0.25, 0.3) is 0 Å². The lowest BCUT2D eigenvalue weighted by Gasteiger charge is -2.07. The minimum atomic E-state index is -0.566. The Balaban J connectivity index is 3.41. The second kappa shape index (κ2) is 8.72. The molecule has 0 aliphatic heterocycles. The van der Waals surface area contributed by atoms with E-state index in [-0.39, 0.29) is 19.8 Å². The molecule has 0 atom stereocenters. The van der Waals surface area contributed by atoms with Crippen LogP contribution in [-0.2, 0) is 19.0 Å². The van der Waals surface area contributed by atoms with E-state index in [1.165, 1.54) is 7.11 Å². The highest BCUT2D eigenvalue weighted by atomic mass is 16.6. The van der Waals surface area contributed by atoms with Crippen LogP contribution in [0.1, 0.15) is 6.92 Å². The Kier molecular flexibility index (Phi) is 7.87. The van der Waals surface area contributed by atoms with Gasteiger partial charge in [-0.25, -0.2) is 9.59 Å². The van der Waals surface area contributed by atoms with Crippen molar-refractivity contribution < 1.29 is 23.8 Å². The van der Waals surface area contributed by atoms with E-state index in [0.717, 1.165) is 0 Å². The van der Waals surface area contributed by atoms with Crippen LogP contribution in [0, 0.1) is 0 Å². The zero-order valence-corrected chi connectivity index (χ0v) is 9.58. The fourth-order valence-electron chi connectivity index (χ4n) is 0.689. The lowest BCUT2D eigenvalue weighted by Crippen LogP contribution is -2.29. The SMILES string of the molecule is C=C(C)C(=O)OCCNC(=O)OCCOC. The number of esters is 1. The Hall–Kier alpha value is -1.56. The summed E-state index contributed by atoms with van der Waals surface area (Å²) in [6.07, 6.45) is -0.566. The molecule has 0 aliphatic rings. The van der Waals surface area contributed by atoms with Crippen molar-refractivity contribution in [3.8, 4) is 0 Å². The monoisotopic (exact) mass is 231 g/mol. The predicted molar refractivity (Wildman–Crippen MR) is 57.0 cm³/mol. The molecule has 1 N–H and O–H groups in total. The number of carbonyl (C=O) groups excluding carboxylic acids is 2. The topological polar surface area (TPSA) is 73.9 Å². The summed E-state index contributed by atoms with van der Waals surface area (Å²) in [5.41, 5.74) is 0.322. The van der Waals surface area contributed by atoms with Gasteiger partial charge >= 0.3 is 12.1 Å². The summed E-state index contributed by atoms with van der Waals surface area (Å²) in [6, 6.07) is 0.